The van der Waals surface area contributed by atoms with E-state index in [1.807, 2.05) is 0 Å². The normalized spacial score (nSPS) is 20.9. The minimum absolute atomic E-state index is 0.00873. The van der Waals surface area contributed by atoms with Crippen LogP contribution in [0.2, 0.25) is 0 Å². The van der Waals surface area contributed by atoms with Crippen molar-refractivity contribution < 1.29 is 9.59 Å². The van der Waals surface area contributed by atoms with Crippen molar-refractivity contribution in [3.8, 4) is 0 Å². The van der Waals surface area contributed by atoms with Crippen LogP contribution in [0.4, 0.5) is 0 Å². The molecule has 2 amide bonds. The van der Waals surface area contributed by atoms with Gasteiger partial charge in [-0.15, -0.1) is 5.10 Å². The first kappa shape index (κ1) is 18.9. The van der Waals surface area contributed by atoms with Gasteiger partial charge in [-0.2, -0.15) is 0 Å². The quantitative estimate of drug-likeness (QED) is 0.843. The highest BCUT2D eigenvalue weighted by Gasteiger charge is 2.29. The number of hydrogen-bond donors (Lipinski definition) is 1. The molecule has 2 aliphatic rings. The summed E-state index contributed by atoms with van der Waals surface area (Å²) in [6.07, 6.45) is 8.54. The number of likely N-dealkylation sites (tertiary alicyclic amines) is 1. The monoisotopic (exact) mass is 361 g/mol. The molecule has 3 rings (SSSR count). The van der Waals surface area contributed by atoms with E-state index in [0.717, 1.165) is 45.1 Å². The number of nitrogens with zero attached hydrogens (tertiary/aromatic N) is 4. The number of hydrogen-bond acceptors (Lipinski definition) is 4. The van der Waals surface area contributed by atoms with Crippen LogP contribution in [0.3, 0.4) is 0 Å². The second-order valence-electron chi connectivity index (χ2n) is 8.88. The highest BCUT2D eigenvalue weighted by atomic mass is 16.2. The smallest absolute Gasteiger partial charge is 0.273 e. The highest BCUT2D eigenvalue weighted by molar-refractivity contribution is 5.92. The Morgan fingerprint density at radius 2 is 2.00 bits per heavy atom. The van der Waals surface area contributed by atoms with E-state index in [1.165, 1.54) is 0 Å². The molecule has 1 aliphatic heterocycles. The topological polar surface area (TPSA) is 80.1 Å². The lowest BCUT2D eigenvalue weighted by Crippen LogP contribution is -2.45. The molecule has 0 aromatic carbocycles. The van der Waals surface area contributed by atoms with Crippen molar-refractivity contribution in [3.63, 3.8) is 0 Å². The lowest BCUT2D eigenvalue weighted by molar-refractivity contribution is -0.137. The van der Waals surface area contributed by atoms with E-state index < -0.39 is 0 Å². The van der Waals surface area contributed by atoms with Gasteiger partial charge in [0.2, 0.25) is 5.91 Å². The van der Waals surface area contributed by atoms with Crippen LogP contribution in [-0.4, -0.2) is 50.3 Å². The minimum Gasteiger partial charge on any atom is -0.348 e. The van der Waals surface area contributed by atoms with Gasteiger partial charge in [0.15, 0.2) is 5.69 Å². The number of piperidine rings is 1. The van der Waals surface area contributed by atoms with E-state index in [4.69, 9.17) is 0 Å². The summed E-state index contributed by atoms with van der Waals surface area (Å²) in [5, 5.41) is 11.0. The molecule has 1 saturated heterocycles. The third-order valence-electron chi connectivity index (χ3n) is 5.00. The van der Waals surface area contributed by atoms with E-state index in [9.17, 15) is 9.59 Å². The van der Waals surface area contributed by atoms with Crippen molar-refractivity contribution in [1.29, 1.82) is 0 Å². The molecule has 2 heterocycles. The molecular formula is C19H31N5O2. The second-order valence-corrected chi connectivity index (χ2v) is 8.88. The Morgan fingerprint density at radius 3 is 2.69 bits per heavy atom. The number of aryl methyl sites for hydroxylation is 1. The van der Waals surface area contributed by atoms with Crippen molar-refractivity contribution in [3.05, 3.63) is 11.9 Å². The van der Waals surface area contributed by atoms with Crippen molar-refractivity contribution in [2.24, 2.45) is 5.41 Å². The molecule has 1 aliphatic carbocycles. The number of aromatic nitrogens is 3. The molecule has 0 spiro atoms. The zero-order valence-corrected chi connectivity index (χ0v) is 16.2. The standard InChI is InChI=1S/C19H31N5O2/c1-19(2,3)12-17(25)24-10-5-4-6-15(24)9-11-23-13-16(21-22-23)18(26)20-14-7-8-14/h13-15H,4-12H2,1-3H3,(H,20,26)/t15-/m0/s1. The van der Waals surface area contributed by atoms with Crippen LogP contribution >= 0.6 is 0 Å². The van der Waals surface area contributed by atoms with Gasteiger partial charge in [0.1, 0.15) is 0 Å². The molecule has 1 saturated carbocycles. The van der Waals surface area contributed by atoms with Crippen LogP contribution in [0.5, 0.6) is 0 Å². The molecule has 1 aromatic heterocycles. The molecule has 0 bridgehead atoms. The Hall–Kier alpha value is -1.92. The molecular weight excluding hydrogens is 330 g/mol. The fraction of sp³-hybridized carbons (Fsp3) is 0.789. The average Bonchev–Trinajstić information content (AvgIpc) is 3.25. The maximum absolute atomic E-state index is 12.7. The molecule has 2 fully saturated rings. The zero-order chi connectivity index (χ0) is 18.7. The van der Waals surface area contributed by atoms with E-state index in [-0.39, 0.29) is 23.3 Å². The second kappa shape index (κ2) is 7.76. The lowest BCUT2D eigenvalue weighted by atomic mass is 9.90. The first-order valence-corrected chi connectivity index (χ1v) is 9.82. The predicted molar refractivity (Wildman–Crippen MR) is 98.6 cm³/mol. The molecule has 1 atom stereocenters. The van der Waals surface area contributed by atoms with E-state index in [1.54, 1.807) is 10.9 Å². The van der Waals surface area contributed by atoms with Gasteiger partial charge in [0.25, 0.3) is 5.91 Å². The molecule has 26 heavy (non-hydrogen) atoms. The van der Waals surface area contributed by atoms with Gasteiger partial charge in [-0.05, 0) is 43.9 Å². The van der Waals surface area contributed by atoms with Gasteiger partial charge in [-0.3, -0.25) is 14.3 Å². The van der Waals surface area contributed by atoms with Gasteiger partial charge in [0, 0.05) is 31.6 Å². The maximum Gasteiger partial charge on any atom is 0.273 e. The van der Waals surface area contributed by atoms with Crippen molar-refractivity contribution in [1.82, 2.24) is 25.2 Å². The van der Waals surface area contributed by atoms with Crippen LogP contribution in [-0.2, 0) is 11.3 Å². The van der Waals surface area contributed by atoms with Crippen molar-refractivity contribution >= 4 is 11.8 Å². The van der Waals surface area contributed by atoms with Gasteiger partial charge in [-0.25, -0.2) is 0 Å². The van der Waals surface area contributed by atoms with Gasteiger partial charge in [0.05, 0.1) is 6.20 Å². The first-order valence-electron chi connectivity index (χ1n) is 9.82. The van der Waals surface area contributed by atoms with Crippen LogP contribution in [0, 0.1) is 5.41 Å². The summed E-state index contributed by atoms with van der Waals surface area (Å²) in [6.45, 7) is 7.84. The summed E-state index contributed by atoms with van der Waals surface area (Å²) in [5.74, 6) is 0.115. The summed E-state index contributed by atoms with van der Waals surface area (Å²) in [4.78, 5) is 26.7. The summed E-state index contributed by atoms with van der Waals surface area (Å²) in [5.41, 5.74) is 0.385. The zero-order valence-electron chi connectivity index (χ0n) is 16.2. The van der Waals surface area contributed by atoms with Crippen LogP contribution in [0.15, 0.2) is 6.20 Å². The number of nitrogens with one attached hydrogen (secondary N) is 1. The molecule has 1 N–H and O–H groups in total. The number of carbonyl (C=O) groups excluding carboxylic acids is 2. The maximum atomic E-state index is 12.7. The molecule has 7 heteroatoms. The van der Waals surface area contributed by atoms with E-state index in [0.29, 0.717) is 24.7 Å². The fourth-order valence-corrected chi connectivity index (χ4v) is 3.46. The van der Waals surface area contributed by atoms with Crippen LogP contribution in [0.1, 0.15) is 76.2 Å². The Kier molecular flexibility index (Phi) is 5.63. The number of carbonyl (C=O) groups is 2. The lowest BCUT2D eigenvalue weighted by Gasteiger charge is -2.37. The summed E-state index contributed by atoms with van der Waals surface area (Å²) >= 11 is 0. The van der Waals surface area contributed by atoms with Crippen LogP contribution in [0.25, 0.3) is 0 Å². The Bertz CT molecular complexity index is 645. The SMILES string of the molecule is CC(C)(C)CC(=O)N1CCCC[C@H]1CCn1cc(C(=O)NC2CC2)nn1. The van der Waals surface area contributed by atoms with Gasteiger partial charge >= 0.3 is 0 Å². The first-order chi connectivity index (χ1) is 12.3. The number of amides is 2. The summed E-state index contributed by atoms with van der Waals surface area (Å²) in [6, 6.07) is 0.573. The Morgan fingerprint density at radius 1 is 1.23 bits per heavy atom. The van der Waals surface area contributed by atoms with Crippen molar-refractivity contribution in [2.75, 3.05) is 6.54 Å². The third kappa shape index (κ3) is 5.29. The highest BCUT2D eigenvalue weighted by Crippen LogP contribution is 2.26. The molecule has 1 aromatic rings. The third-order valence-corrected chi connectivity index (χ3v) is 5.00. The molecule has 7 nitrogen and oxygen atoms in total. The van der Waals surface area contributed by atoms with E-state index >= 15 is 0 Å². The Labute approximate surface area is 155 Å². The summed E-state index contributed by atoms with van der Waals surface area (Å²) in [7, 11) is 0. The van der Waals surface area contributed by atoms with Crippen molar-refractivity contribution in [2.45, 2.75) is 84.3 Å². The number of rotatable bonds is 6. The average molecular weight is 361 g/mol. The van der Waals surface area contributed by atoms with Gasteiger partial charge in [-0.1, -0.05) is 26.0 Å². The van der Waals surface area contributed by atoms with E-state index in [2.05, 4.69) is 41.3 Å². The fourth-order valence-electron chi connectivity index (χ4n) is 3.46. The molecule has 0 unspecified atom stereocenters. The predicted octanol–water partition coefficient (Wildman–Crippen LogP) is 2.38. The molecule has 144 valence electrons. The van der Waals surface area contributed by atoms with Crippen LogP contribution < -0.4 is 5.32 Å². The minimum atomic E-state index is -0.140. The Balaban J connectivity index is 1.54. The summed E-state index contributed by atoms with van der Waals surface area (Å²) < 4.78 is 1.73. The van der Waals surface area contributed by atoms with Gasteiger partial charge < -0.3 is 10.2 Å². The molecule has 0 radical (unpaired) electrons. The largest absolute Gasteiger partial charge is 0.348 e.